The van der Waals surface area contributed by atoms with Crippen molar-refractivity contribution in [1.29, 1.82) is 0 Å². The van der Waals surface area contributed by atoms with Gasteiger partial charge in [0.1, 0.15) is 5.54 Å². The number of carbonyl (C=O) groups excluding carboxylic acids is 2. The Morgan fingerprint density at radius 2 is 2.26 bits per heavy atom. The van der Waals surface area contributed by atoms with Gasteiger partial charge in [0.05, 0.1) is 13.2 Å². The molecule has 0 aliphatic carbocycles. The highest BCUT2D eigenvalue weighted by molar-refractivity contribution is 9.10. The summed E-state index contributed by atoms with van der Waals surface area (Å²) in [5.41, 5.74) is 0.0807. The molecule has 19 heavy (non-hydrogen) atoms. The van der Waals surface area contributed by atoms with E-state index in [2.05, 4.69) is 21.2 Å². The lowest BCUT2D eigenvalue weighted by molar-refractivity contribution is -0.131. The van der Waals surface area contributed by atoms with E-state index in [4.69, 9.17) is 4.74 Å². The highest BCUT2D eigenvalue weighted by atomic mass is 79.9. The average molecular weight is 325 g/mol. The van der Waals surface area contributed by atoms with Crippen LogP contribution in [-0.4, -0.2) is 35.6 Å². The fourth-order valence-corrected chi connectivity index (χ4v) is 2.92. The molecule has 0 unspecified atom stereocenters. The van der Waals surface area contributed by atoms with Gasteiger partial charge >= 0.3 is 6.03 Å². The van der Waals surface area contributed by atoms with Gasteiger partial charge in [0.15, 0.2) is 0 Å². The highest BCUT2D eigenvalue weighted by Gasteiger charge is 2.53. The minimum absolute atomic E-state index is 0.185. The van der Waals surface area contributed by atoms with Gasteiger partial charge in [-0.3, -0.25) is 9.69 Å². The van der Waals surface area contributed by atoms with Crippen molar-refractivity contribution in [2.45, 2.75) is 18.5 Å². The number of nitrogens with one attached hydrogen (secondary N) is 1. The molecule has 0 aromatic heterocycles. The van der Waals surface area contributed by atoms with E-state index >= 15 is 0 Å². The Kier molecular flexibility index (Phi) is 3.06. The van der Waals surface area contributed by atoms with Crippen molar-refractivity contribution in [2.24, 2.45) is 0 Å². The predicted molar refractivity (Wildman–Crippen MR) is 71.4 cm³/mol. The fraction of sp³-hybridized carbons (Fsp3) is 0.385. The molecule has 0 bridgehead atoms. The number of amides is 3. The van der Waals surface area contributed by atoms with Crippen LogP contribution in [0.25, 0.3) is 0 Å². The minimum Gasteiger partial charge on any atom is -0.378 e. The van der Waals surface area contributed by atoms with E-state index in [0.29, 0.717) is 13.0 Å². The molecule has 2 fully saturated rings. The molecular weight excluding hydrogens is 312 g/mol. The van der Waals surface area contributed by atoms with Crippen LogP contribution in [0, 0.1) is 0 Å². The quantitative estimate of drug-likeness (QED) is 0.842. The second-order valence-corrected chi connectivity index (χ2v) is 5.75. The molecule has 3 rings (SSSR count). The van der Waals surface area contributed by atoms with Crippen LogP contribution in [0.5, 0.6) is 0 Å². The molecule has 1 spiro atoms. The summed E-state index contributed by atoms with van der Waals surface area (Å²) in [5.74, 6) is -0.185. The zero-order chi connectivity index (χ0) is 13.5. The van der Waals surface area contributed by atoms with Crippen LogP contribution in [0.3, 0.4) is 0 Å². The molecule has 2 aliphatic heterocycles. The summed E-state index contributed by atoms with van der Waals surface area (Å²) in [5, 5.41) is 2.76. The maximum Gasteiger partial charge on any atom is 0.325 e. The average Bonchev–Trinajstić information content (AvgIpc) is 2.92. The number of urea groups is 1. The summed E-state index contributed by atoms with van der Waals surface area (Å²) in [6, 6.07) is 7.24. The number of ether oxygens (including phenoxy) is 1. The van der Waals surface area contributed by atoms with E-state index in [-0.39, 0.29) is 25.1 Å². The second-order valence-electron chi connectivity index (χ2n) is 4.84. The number of hydrogen-bond acceptors (Lipinski definition) is 3. The maximum absolute atomic E-state index is 12.4. The lowest BCUT2D eigenvalue weighted by Gasteiger charge is -2.18. The topological polar surface area (TPSA) is 58.6 Å². The van der Waals surface area contributed by atoms with Gasteiger partial charge in [-0.15, -0.1) is 0 Å². The molecule has 1 aromatic carbocycles. The summed E-state index contributed by atoms with van der Waals surface area (Å²) in [4.78, 5) is 25.6. The number of imide groups is 1. The Hall–Kier alpha value is -1.40. The zero-order valence-electron chi connectivity index (χ0n) is 10.2. The SMILES string of the molecule is O=C1N[C@@]2(CCOC2)C(=O)N1Cc1cccc(Br)c1. The van der Waals surface area contributed by atoms with Crippen molar-refractivity contribution >= 4 is 27.9 Å². The number of halogens is 1. The van der Waals surface area contributed by atoms with Crippen LogP contribution in [0.2, 0.25) is 0 Å². The first-order valence-corrected chi connectivity index (χ1v) is 6.86. The Morgan fingerprint density at radius 1 is 1.42 bits per heavy atom. The normalized spacial score (nSPS) is 26.3. The molecule has 2 saturated heterocycles. The van der Waals surface area contributed by atoms with E-state index in [1.54, 1.807) is 0 Å². The third-order valence-electron chi connectivity index (χ3n) is 3.50. The van der Waals surface area contributed by atoms with Crippen LogP contribution < -0.4 is 5.32 Å². The summed E-state index contributed by atoms with van der Waals surface area (Å²) in [6.07, 6.45) is 0.548. The number of hydrogen-bond donors (Lipinski definition) is 1. The zero-order valence-corrected chi connectivity index (χ0v) is 11.8. The maximum atomic E-state index is 12.4. The number of nitrogens with zero attached hydrogens (tertiary/aromatic N) is 1. The van der Waals surface area contributed by atoms with Crippen molar-refractivity contribution in [3.8, 4) is 0 Å². The first-order valence-electron chi connectivity index (χ1n) is 6.07. The summed E-state index contributed by atoms with van der Waals surface area (Å²) in [6.45, 7) is 1.06. The van der Waals surface area contributed by atoms with Crippen LogP contribution >= 0.6 is 15.9 Å². The first kappa shape index (κ1) is 12.6. The standard InChI is InChI=1S/C13H13BrN2O3/c14-10-3-1-2-9(6-10)7-16-11(17)13(15-12(16)18)4-5-19-8-13/h1-3,6H,4-5,7-8H2,(H,15,18)/t13-/m1/s1. The molecule has 1 atom stereocenters. The van der Waals surface area contributed by atoms with E-state index in [0.717, 1.165) is 10.0 Å². The Balaban J connectivity index is 1.82. The third-order valence-corrected chi connectivity index (χ3v) is 3.99. The molecule has 2 heterocycles. The van der Waals surface area contributed by atoms with Gasteiger partial charge in [0, 0.05) is 17.5 Å². The Bertz CT molecular complexity index is 540. The van der Waals surface area contributed by atoms with Gasteiger partial charge in [-0.2, -0.15) is 0 Å². The van der Waals surface area contributed by atoms with Crippen molar-refractivity contribution in [1.82, 2.24) is 10.2 Å². The largest absolute Gasteiger partial charge is 0.378 e. The summed E-state index contributed by atoms with van der Waals surface area (Å²) in [7, 11) is 0. The third kappa shape index (κ3) is 2.15. The molecule has 2 aliphatic rings. The number of rotatable bonds is 2. The minimum atomic E-state index is -0.830. The van der Waals surface area contributed by atoms with E-state index in [1.807, 2.05) is 24.3 Å². The van der Waals surface area contributed by atoms with E-state index < -0.39 is 5.54 Å². The van der Waals surface area contributed by atoms with Crippen LogP contribution in [0.15, 0.2) is 28.7 Å². The lowest BCUT2D eigenvalue weighted by Crippen LogP contribution is -2.47. The van der Waals surface area contributed by atoms with Crippen molar-refractivity contribution in [3.63, 3.8) is 0 Å². The molecule has 6 heteroatoms. The monoisotopic (exact) mass is 324 g/mol. The van der Waals surface area contributed by atoms with E-state index in [1.165, 1.54) is 4.90 Å². The molecule has 100 valence electrons. The Labute approximate surface area is 119 Å². The predicted octanol–water partition coefficient (Wildman–Crippen LogP) is 1.66. The van der Waals surface area contributed by atoms with Crippen LogP contribution in [0.1, 0.15) is 12.0 Å². The number of benzene rings is 1. The van der Waals surface area contributed by atoms with E-state index in [9.17, 15) is 9.59 Å². The second kappa shape index (κ2) is 4.61. The summed E-state index contributed by atoms with van der Waals surface area (Å²) >= 11 is 3.38. The van der Waals surface area contributed by atoms with Gasteiger partial charge in [0.2, 0.25) is 0 Å². The van der Waals surface area contributed by atoms with Crippen molar-refractivity contribution in [2.75, 3.05) is 13.2 Å². The van der Waals surface area contributed by atoms with Gasteiger partial charge in [-0.25, -0.2) is 4.79 Å². The molecule has 0 saturated carbocycles. The molecular formula is C13H13BrN2O3. The van der Waals surface area contributed by atoms with Gasteiger partial charge in [-0.1, -0.05) is 28.1 Å². The van der Waals surface area contributed by atoms with Crippen molar-refractivity contribution < 1.29 is 14.3 Å². The number of carbonyl (C=O) groups is 2. The van der Waals surface area contributed by atoms with Gasteiger partial charge < -0.3 is 10.1 Å². The first-order chi connectivity index (χ1) is 9.11. The fourth-order valence-electron chi connectivity index (χ4n) is 2.47. The van der Waals surface area contributed by atoms with Gasteiger partial charge in [0.25, 0.3) is 5.91 Å². The smallest absolute Gasteiger partial charge is 0.325 e. The molecule has 0 radical (unpaired) electrons. The lowest BCUT2D eigenvalue weighted by atomic mass is 9.99. The van der Waals surface area contributed by atoms with Crippen molar-refractivity contribution in [3.05, 3.63) is 34.3 Å². The molecule has 5 nitrogen and oxygen atoms in total. The summed E-state index contributed by atoms with van der Waals surface area (Å²) < 4.78 is 6.18. The highest BCUT2D eigenvalue weighted by Crippen LogP contribution is 2.28. The Morgan fingerprint density at radius 3 is 2.95 bits per heavy atom. The molecule has 1 N–H and O–H groups in total. The van der Waals surface area contributed by atoms with Crippen LogP contribution in [0.4, 0.5) is 4.79 Å². The molecule has 1 aromatic rings. The van der Waals surface area contributed by atoms with Gasteiger partial charge in [-0.05, 0) is 17.7 Å². The molecule has 3 amide bonds. The van der Waals surface area contributed by atoms with Crippen LogP contribution in [-0.2, 0) is 16.1 Å².